The fraction of sp³-hybridized carbons (Fsp3) is 0.833. The molecule has 0 aromatic carbocycles. The van der Waals surface area contributed by atoms with E-state index < -0.39 is 0 Å². The Labute approximate surface area is 102 Å². The maximum atomic E-state index is 11.3. The summed E-state index contributed by atoms with van der Waals surface area (Å²) in [7, 11) is 0. The highest BCUT2D eigenvalue weighted by Crippen LogP contribution is 2.18. The average molecular weight is 242 g/mol. The Hall–Kier alpha value is -1.10. The lowest BCUT2D eigenvalue weighted by atomic mass is 10.2. The predicted octanol–water partition coefficient (Wildman–Crippen LogP) is 0.324. The molecular weight excluding hydrogens is 220 g/mol. The number of unbranched alkanes of at least 4 members (excludes halogenated alkanes) is 1. The molecule has 98 valence electrons. The molecular formula is C12H22N2O3. The molecule has 0 spiro atoms. The van der Waals surface area contributed by atoms with E-state index in [2.05, 4.69) is 10.6 Å². The Morgan fingerprint density at radius 1 is 1.06 bits per heavy atom. The highest BCUT2D eigenvalue weighted by Gasteiger charge is 2.22. The molecule has 0 aromatic rings. The number of carbonyl (C=O) groups excluding carboxylic acids is 2. The molecule has 3 N–H and O–H groups in total. The monoisotopic (exact) mass is 242 g/mol. The Morgan fingerprint density at radius 2 is 1.76 bits per heavy atom. The molecule has 1 rings (SSSR count). The molecule has 5 nitrogen and oxygen atoms in total. The number of carbonyl (C=O) groups is 2. The minimum absolute atomic E-state index is 0.000973. The minimum Gasteiger partial charge on any atom is -0.396 e. The zero-order valence-electron chi connectivity index (χ0n) is 10.2. The van der Waals surface area contributed by atoms with Crippen molar-refractivity contribution in [2.24, 2.45) is 0 Å². The summed E-state index contributed by atoms with van der Waals surface area (Å²) in [4.78, 5) is 22.6. The lowest BCUT2D eigenvalue weighted by Gasteiger charge is -2.05. The van der Waals surface area contributed by atoms with Crippen molar-refractivity contribution in [2.45, 2.75) is 51.0 Å². The van der Waals surface area contributed by atoms with Gasteiger partial charge in [0.15, 0.2) is 0 Å². The summed E-state index contributed by atoms with van der Waals surface area (Å²) >= 11 is 0. The van der Waals surface area contributed by atoms with Gasteiger partial charge in [0.25, 0.3) is 0 Å². The standard InChI is InChI=1S/C12H22N2O3/c15-9-2-1-4-11(16)13-8-3-5-12(17)14-10-6-7-10/h10,15H,1-9H2,(H,13,16)(H,14,17). The number of hydrogen-bond donors (Lipinski definition) is 3. The van der Waals surface area contributed by atoms with Crippen molar-refractivity contribution in [3.8, 4) is 0 Å². The SMILES string of the molecule is O=C(CCCCO)NCCCC(=O)NC1CC1. The van der Waals surface area contributed by atoms with E-state index in [0.717, 1.165) is 12.8 Å². The highest BCUT2D eigenvalue weighted by molar-refractivity contribution is 5.77. The van der Waals surface area contributed by atoms with Gasteiger partial charge in [0.1, 0.15) is 0 Å². The second-order valence-corrected chi connectivity index (χ2v) is 4.48. The molecule has 0 unspecified atom stereocenters. The van der Waals surface area contributed by atoms with E-state index in [1.165, 1.54) is 0 Å². The maximum Gasteiger partial charge on any atom is 0.220 e. The first kappa shape index (κ1) is 14.0. The molecule has 0 bridgehead atoms. The van der Waals surface area contributed by atoms with Gasteiger partial charge in [-0.15, -0.1) is 0 Å². The molecule has 0 heterocycles. The zero-order chi connectivity index (χ0) is 12.5. The first-order valence-electron chi connectivity index (χ1n) is 6.39. The summed E-state index contributed by atoms with van der Waals surface area (Å²) in [5, 5.41) is 14.2. The second-order valence-electron chi connectivity index (χ2n) is 4.48. The molecule has 1 aliphatic rings. The Bertz CT molecular complexity index is 252. The third-order valence-corrected chi connectivity index (χ3v) is 2.66. The van der Waals surface area contributed by atoms with Crippen LogP contribution >= 0.6 is 0 Å². The van der Waals surface area contributed by atoms with Gasteiger partial charge in [-0.3, -0.25) is 9.59 Å². The van der Waals surface area contributed by atoms with Gasteiger partial charge in [-0.2, -0.15) is 0 Å². The quantitative estimate of drug-likeness (QED) is 0.510. The molecule has 0 atom stereocenters. The van der Waals surface area contributed by atoms with Crippen LogP contribution in [0.15, 0.2) is 0 Å². The van der Waals surface area contributed by atoms with Gasteiger partial charge in [0.2, 0.25) is 11.8 Å². The fourth-order valence-electron chi connectivity index (χ4n) is 1.49. The van der Waals surface area contributed by atoms with Crippen molar-refractivity contribution >= 4 is 11.8 Å². The third-order valence-electron chi connectivity index (χ3n) is 2.66. The van der Waals surface area contributed by atoms with Crippen LogP contribution in [0.1, 0.15) is 44.9 Å². The molecule has 0 saturated heterocycles. The number of nitrogens with one attached hydrogen (secondary N) is 2. The molecule has 1 fully saturated rings. The predicted molar refractivity (Wildman–Crippen MR) is 64.3 cm³/mol. The minimum atomic E-state index is 0.000973. The molecule has 1 saturated carbocycles. The van der Waals surface area contributed by atoms with Crippen LogP contribution in [0.25, 0.3) is 0 Å². The van der Waals surface area contributed by atoms with Crippen LogP contribution in [0.3, 0.4) is 0 Å². The lowest BCUT2D eigenvalue weighted by molar-refractivity contribution is -0.123. The van der Waals surface area contributed by atoms with Crippen molar-refractivity contribution < 1.29 is 14.7 Å². The largest absolute Gasteiger partial charge is 0.396 e. The lowest BCUT2D eigenvalue weighted by Crippen LogP contribution is -2.28. The van der Waals surface area contributed by atoms with Crippen LogP contribution in [0.5, 0.6) is 0 Å². The number of aliphatic hydroxyl groups is 1. The number of amides is 2. The fourth-order valence-corrected chi connectivity index (χ4v) is 1.49. The van der Waals surface area contributed by atoms with Crippen molar-refractivity contribution in [3.63, 3.8) is 0 Å². The third kappa shape index (κ3) is 7.74. The van der Waals surface area contributed by atoms with Crippen molar-refractivity contribution in [1.82, 2.24) is 10.6 Å². The molecule has 0 aliphatic heterocycles. The summed E-state index contributed by atoms with van der Waals surface area (Å²) in [6, 6.07) is 0.413. The smallest absolute Gasteiger partial charge is 0.220 e. The topological polar surface area (TPSA) is 78.4 Å². The summed E-state index contributed by atoms with van der Waals surface area (Å²) in [5.41, 5.74) is 0. The van der Waals surface area contributed by atoms with E-state index >= 15 is 0 Å². The van der Waals surface area contributed by atoms with Gasteiger partial charge >= 0.3 is 0 Å². The summed E-state index contributed by atoms with van der Waals surface area (Å²) in [5.74, 6) is 0.0862. The first-order valence-corrected chi connectivity index (χ1v) is 6.39. The van der Waals surface area contributed by atoms with Gasteiger partial charge in [0, 0.05) is 32.0 Å². The Kier molecular flexibility index (Phi) is 6.62. The normalized spacial score (nSPS) is 14.4. The van der Waals surface area contributed by atoms with Crippen LogP contribution in [0, 0.1) is 0 Å². The van der Waals surface area contributed by atoms with E-state index in [0.29, 0.717) is 44.7 Å². The summed E-state index contributed by atoms with van der Waals surface area (Å²) in [6.07, 6.45) is 5.20. The number of rotatable bonds is 9. The van der Waals surface area contributed by atoms with E-state index in [1.807, 2.05) is 0 Å². The molecule has 0 radical (unpaired) electrons. The van der Waals surface area contributed by atoms with Crippen LogP contribution in [-0.2, 0) is 9.59 Å². The first-order chi connectivity index (χ1) is 8.22. The van der Waals surface area contributed by atoms with Crippen molar-refractivity contribution in [2.75, 3.05) is 13.2 Å². The van der Waals surface area contributed by atoms with E-state index in [-0.39, 0.29) is 18.4 Å². The van der Waals surface area contributed by atoms with E-state index in [4.69, 9.17) is 5.11 Å². The highest BCUT2D eigenvalue weighted by atomic mass is 16.3. The molecule has 2 amide bonds. The van der Waals surface area contributed by atoms with Crippen molar-refractivity contribution in [3.05, 3.63) is 0 Å². The van der Waals surface area contributed by atoms with Gasteiger partial charge in [0.05, 0.1) is 0 Å². The molecule has 1 aliphatic carbocycles. The summed E-state index contributed by atoms with van der Waals surface area (Å²) in [6.45, 7) is 0.685. The van der Waals surface area contributed by atoms with Crippen LogP contribution in [-0.4, -0.2) is 36.1 Å². The van der Waals surface area contributed by atoms with Crippen LogP contribution in [0.2, 0.25) is 0 Å². The summed E-state index contributed by atoms with van der Waals surface area (Å²) < 4.78 is 0. The molecule has 17 heavy (non-hydrogen) atoms. The Morgan fingerprint density at radius 3 is 2.41 bits per heavy atom. The molecule has 5 heteroatoms. The van der Waals surface area contributed by atoms with Gasteiger partial charge in [-0.1, -0.05) is 0 Å². The maximum absolute atomic E-state index is 11.3. The zero-order valence-corrected chi connectivity index (χ0v) is 10.2. The second kappa shape index (κ2) is 8.06. The van der Waals surface area contributed by atoms with Gasteiger partial charge < -0.3 is 15.7 Å². The van der Waals surface area contributed by atoms with Gasteiger partial charge in [-0.25, -0.2) is 0 Å². The van der Waals surface area contributed by atoms with Crippen LogP contribution in [0.4, 0.5) is 0 Å². The van der Waals surface area contributed by atoms with E-state index in [1.54, 1.807) is 0 Å². The number of aliphatic hydroxyl groups excluding tert-OH is 1. The van der Waals surface area contributed by atoms with Gasteiger partial charge in [-0.05, 0) is 32.1 Å². The Balaban J connectivity index is 1.88. The number of hydrogen-bond acceptors (Lipinski definition) is 3. The average Bonchev–Trinajstić information content (AvgIpc) is 3.09. The van der Waals surface area contributed by atoms with Crippen molar-refractivity contribution in [1.29, 1.82) is 0 Å². The van der Waals surface area contributed by atoms with E-state index in [9.17, 15) is 9.59 Å². The molecule has 0 aromatic heterocycles. The van der Waals surface area contributed by atoms with Crippen LogP contribution < -0.4 is 10.6 Å².